The van der Waals surface area contributed by atoms with Gasteiger partial charge in [0.15, 0.2) is 0 Å². The molecule has 3 aromatic rings. The van der Waals surface area contributed by atoms with E-state index in [1.54, 1.807) is 11.1 Å². The van der Waals surface area contributed by atoms with Crippen LogP contribution in [0.1, 0.15) is 17.5 Å². The van der Waals surface area contributed by atoms with Gasteiger partial charge in [0.25, 0.3) is 0 Å². The van der Waals surface area contributed by atoms with Crippen LogP contribution in [0.15, 0.2) is 71.5 Å². The van der Waals surface area contributed by atoms with Crippen molar-refractivity contribution in [3.8, 4) is 0 Å². The molecule has 1 atom stereocenters. The largest absolute Gasteiger partial charge is 0.352 e. The Morgan fingerprint density at radius 3 is 2.62 bits per heavy atom. The molecule has 1 aliphatic rings. The van der Waals surface area contributed by atoms with Gasteiger partial charge in [0.2, 0.25) is 11.8 Å². The number of rotatable bonds is 6. The maximum Gasteiger partial charge on any atom is 0.227 e. The van der Waals surface area contributed by atoms with Crippen LogP contribution in [0.4, 0.5) is 5.69 Å². The highest BCUT2D eigenvalue weighted by molar-refractivity contribution is 9.10. The molecule has 148 valence electrons. The van der Waals surface area contributed by atoms with Crippen molar-refractivity contribution in [3.05, 3.63) is 82.6 Å². The maximum atomic E-state index is 12.7. The standard InChI is InChI=1S/C22H21BrN4O2/c23-19-8-3-4-9-20(19)27-15-18(12-21(27)28)22(29)24-13-16-6-1-2-7-17(16)14-26-11-5-10-25-26/h1-11,18H,12-15H2,(H,24,29). The minimum absolute atomic E-state index is 0.0314. The van der Waals surface area contributed by atoms with Crippen LogP contribution in [0.2, 0.25) is 0 Å². The van der Waals surface area contributed by atoms with Gasteiger partial charge >= 0.3 is 0 Å². The predicted octanol–water partition coefficient (Wildman–Crippen LogP) is 3.36. The molecule has 0 radical (unpaired) electrons. The van der Waals surface area contributed by atoms with E-state index in [1.165, 1.54) is 0 Å². The molecule has 1 unspecified atom stereocenters. The van der Waals surface area contributed by atoms with Crippen LogP contribution in [-0.2, 0) is 22.7 Å². The van der Waals surface area contributed by atoms with Crippen LogP contribution in [0, 0.1) is 5.92 Å². The molecule has 6 nitrogen and oxygen atoms in total. The number of para-hydroxylation sites is 1. The molecule has 1 aliphatic heterocycles. The molecule has 4 rings (SSSR count). The molecule has 2 amide bonds. The van der Waals surface area contributed by atoms with Gasteiger partial charge in [-0.3, -0.25) is 14.3 Å². The summed E-state index contributed by atoms with van der Waals surface area (Å²) in [6.45, 7) is 1.47. The topological polar surface area (TPSA) is 67.2 Å². The molecule has 7 heteroatoms. The minimum atomic E-state index is -0.354. The Labute approximate surface area is 177 Å². The van der Waals surface area contributed by atoms with E-state index in [9.17, 15) is 9.59 Å². The van der Waals surface area contributed by atoms with Gasteiger partial charge < -0.3 is 10.2 Å². The maximum absolute atomic E-state index is 12.7. The summed E-state index contributed by atoms with van der Waals surface area (Å²) >= 11 is 3.48. The van der Waals surface area contributed by atoms with Gasteiger partial charge in [0, 0.05) is 36.4 Å². The van der Waals surface area contributed by atoms with Crippen molar-refractivity contribution < 1.29 is 9.59 Å². The summed E-state index contributed by atoms with van der Waals surface area (Å²) in [4.78, 5) is 26.9. The monoisotopic (exact) mass is 452 g/mol. The first-order chi connectivity index (χ1) is 14.1. The number of hydrogen-bond donors (Lipinski definition) is 1. The van der Waals surface area contributed by atoms with E-state index >= 15 is 0 Å². The molecule has 0 aliphatic carbocycles. The average molecular weight is 453 g/mol. The molecule has 0 spiro atoms. The highest BCUT2D eigenvalue weighted by Crippen LogP contribution is 2.31. The van der Waals surface area contributed by atoms with Crippen molar-refractivity contribution in [2.24, 2.45) is 5.92 Å². The summed E-state index contributed by atoms with van der Waals surface area (Å²) in [5.41, 5.74) is 2.95. The third-order valence-corrected chi connectivity index (χ3v) is 5.77. The van der Waals surface area contributed by atoms with Crippen LogP contribution in [-0.4, -0.2) is 28.1 Å². The van der Waals surface area contributed by atoms with Crippen molar-refractivity contribution in [3.63, 3.8) is 0 Å². The molecular weight excluding hydrogens is 432 g/mol. The number of nitrogens with zero attached hydrogens (tertiary/aromatic N) is 3. The van der Waals surface area contributed by atoms with E-state index in [4.69, 9.17) is 0 Å². The van der Waals surface area contributed by atoms with Gasteiger partial charge in [-0.25, -0.2) is 0 Å². The van der Waals surface area contributed by atoms with Crippen LogP contribution >= 0.6 is 15.9 Å². The van der Waals surface area contributed by atoms with Gasteiger partial charge in [0.1, 0.15) is 0 Å². The molecule has 2 heterocycles. The Morgan fingerprint density at radius 2 is 1.86 bits per heavy atom. The average Bonchev–Trinajstić information content (AvgIpc) is 3.37. The highest BCUT2D eigenvalue weighted by atomic mass is 79.9. The van der Waals surface area contributed by atoms with Crippen molar-refractivity contribution in [2.45, 2.75) is 19.5 Å². The van der Waals surface area contributed by atoms with E-state index in [-0.39, 0.29) is 24.2 Å². The molecule has 0 bridgehead atoms. The number of nitrogens with one attached hydrogen (secondary N) is 1. The number of anilines is 1. The minimum Gasteiger partial charge on any atom is -0.352 e. The lowest BCUT2D eigenvalue weighted by Gasteiger charge is -2.18. The van der Waals surface area contributed by atoms with Crippen molar-refractivity contribution in [1.82, 2.24) is 15.1 Å². The first kappa shape index (κ1) is 19.4. The zero-order valence-electron chi connectivity index (χ0n) is 15.8. The summed E-state index contributed by atoms with van der Waals surface area (Å²) in [6, 6.07) is 17.4. The SMILES string of the molecule is O=C(NCc1ccccc1Cn1cccn1)C1CC(=O)N(c2ccccc2Br)C1. The third kappa shape index (κ3) is 4.40. The molecule has 1 fully saturated rings. The van der Waals surface area contributed by atoms with Gasteiger partial charge in [-0.2, -0.15) is 5.10 Å². The van der Waals surface area contributed by atoms with E-state index in [0.717, 1.165) is 21.3 Å². The lowest BCUT2D eigenvalue weighted by Crippen LogP contribution is -2.33. The number of hydrogen-bond acceptors (Lipinski definition) is 3. The summed E-state index contributed by atoms with van der Waals surface area (Å²) in [7, 11) is 0. The fraction of sp³-hybridized carbons (Fsp3) is 0.227. The van der Waals surface area contributed by atoms with E-state index < -0.39 is 0 Å². The van der Waals surface area contributed by atoms with E-state index in [0.29, 0.717) is 19.6 Å². The van der Waals surface area contributed by atoms with Gasteiger partial charge in [0.05, 0.1) is 18.2 Å². The smallest absolute Gasteiger partial charge is 0.227 e. The normalized spacial score (nSPS) is 16.2. The molecule has 1 saturated heterocycles. The summed E-state index contributed by atoms with van der Waals surface area (Å²) in [5, 5.41) is 7.25. The van der Waals surface area contributed by atoms with Crippen LogP contribution in [0.25, 0.3) is 0 Å². The van der Waals surface area contributed by atoms with Crippen molar-refractivity contribution in [2.75, 3.05) is 11.4 Å². The molecule has 0 saturated carbocycles. The van der Waals surface area contributed by atoms with E-state index in [2.05, 4.69) is 26.3 Å². The van der Waals surface area contributed by atoms with Gasteiger partial charge in [-0.15, -0.1) is 0 Å². The second-order valence-corrected chi connectivity index (χ2v) is 7.90. The highest BCUT2D eigenvalue weighted by Gasteiger charge is 2.35. The Kier molecular flexibility index (Phi) is 5.76. The number of benzene rings is 2. The van der Waals surface area contributed by atoms with Crippen molar-refractivity contribution in [1.29, 1.82) is 0 Å². The van der Waals surface area contributed by atoms with Crippen molar-refractivity contribution >= 4 is 33.4 Å². The summed E-state index contributed by atoms with van der Waals surface area (Å²) in [6.07, 6.45) is 3.89. The van der Waals surface area contributed by atoms with Gasteiger partial charge in [-0.05, 0) is 45.3 Å². The first-order valence-corrected chi connectivity index (χ1v) is 10.3. The van der Waals surface area contributed by atoms with Gasteiger partial charge in [-0.1, -0.05) is 36.4 Å². The Balaban J connectivity index is 1.40. The molecule has 1 N–H and O–H groups in total. The van der Waals surface area contributed by atoms with E-state index in [1.807, 2.05) is 65.5 Å². The van der Waals surface area contributed by atoms with Crippen LogP contribution in [0.5, 0.6) is 0 Å². The van der Waals surface area contributed by atoms with Crippen LogP contribution in [0.3, 0.4) is 0 Å². The molecule has 1 aromatic heterocycles. The van der Waals surface area contributed by atoms with Crippen LogP contribution < -0.4 is 10.2 Å². The lowest BCUT2D eigenvalue weighted by molar-refractivity contribution is -0.126. The zero-order chi connectivity index (χ0) is 20.2. The zero-order valence-corrected chi connectivity index (χ0v) is 17.4. The summed E-state index contributed by atoms with van der Waals surface area (Å²) < 4.78 is 2.70. The summed E-state index contributed by atoms with van der Waals surface area (Å²) in [5.74, 6) is -0.481. The number of amides is 2. The fourth-order valence-electron chi connectivity index (χ4n) is 3.57. The number of halogens is 1. The predicted molar refractivity (Wildman–Crippen MR) is 114 cm³/mol. The first-order valence-electron chi connectivity index (χ1n) is 9.48. The quantitative estimate of drug-likeness (QED) is 0.623. The Hall–Kier alpha value is -2.93. The Morgan fingerprint density at radius 1 is 1.10 bits per heavy atom. The second kappa shape index (κ2) is 8.61. The fourth-order valence-corrected chi connectivity index (χ4v) is 4.06. The second-order valence-electron chi connectivity index (χ2n) is 7.05. The number of aromatic nitrogens is 2. The molecule has 29 heavy (non-hydrogen) atoms. The molecular formula is C22H21BrN4O2. The third-order valence-electron chi connectivity index (χ3n) is 5.10. The molecule has 2 aromatic carbocycles. The number of carbonyl (C=O) groups excluding carboxylic acids is 2. The lowest BCUT2D eigenvalue weighted by atomic mass is 10.1. The number of carbonyl (C=O) groups is 2. The Bertz CT molecular complexity index is 1020.